The van der Waals surface area contributed by atoms with Crippen molar-refractivity contribution in [1.82, 2.24) is 39.5 Å². The van der Waals surface area contributed by atoms with Crippen LogP contribution in [0, 0.1) is 0 Å². The van der Waals surface area contributed by atoms with E-state index in [1.165, 1.54) is 9.36 Å². The molecule has 3 saturated heterocycles. The summed E-state index contributed by atoms with van der Waals surface area (Å²) in [5, 5.41) is 9.71. The maximum absolute atomic E-state index is 13.0. The van der Waals surface area contributed by atoms with Crippen molar-refractivity contribution in [2.45, 2.75) is 129 Å². The number of hydrogen-bond donors (Lipinski definition) is 0. The van der Waals surface area contributed by atoms with E-state index in [2.05, 4.69) is 46.1 Å². The fourth-order valence-electron chi connectivity index (χ4n) is 6.69. The topological polar surface area (TPSA) is 143 Å². The third-order valence-corrected chi connectivity index (χ3v) is 13.2. The second kappa shape index (κ2) is 17.0. The Bertz CT molecular complexity index is 2670. The van der Waals surface area contributed by atoms with Gasteiger partial charge in [0.15, 0.2) is 0 Å². The molecule has 0 aliphatic carbocycles. The Hall–Kier alpha value is -4.45. The van der Waals surface area contributed by atoms with Gasteiger partial charge in [0.25, 0.3) is 11.9 Å². The molecular formula is C42H48B3BrF6N8O6. The monoisotopic (exact) mass is 986 g/mol. The number of fused-ring (bicyclic) bond motifs is 2. The van der Waals surface area contributed by atoms with E-state index in [4.69, 9.17) is 27.9 Å². The molecule has 350 valence electrons. The first-order valence-corrected chi connectivity index (χ1v) is 21.6. The number of hydrogen-bond acceptors (Lipinski definition) is 12. The van der Waals surface area contributed by atoms with Crippen LogP contribution in [0.2, 0.25) is 0 Å². The van der Waals surface area contributed by atoms with Crippen LogP contribution in [0.15, 0.2) is 77.8 Å². The quantitative estimate of drug-likeness (QED) is 0.123. The predicted octanol–water partition coefficient (Wildman–Crippen LogP) is 8.98. The third kappa shape index (κ3) is 9.77. The van der Waals surface area contributed by atoms with Gasteiger partial charge in [-0.25, -0.2) is 19.9 Å². The highest BCUT2D eigenvalue weighted by atomic mass is 79.9. The van der Waals surface area contributed by atoms with Crippen LogP contribution in [0.25, 0.3) is 33.7 Å². The van der Waals surface area contributed by atoms with Crippen molar-refractivity contribution >= 4 is 64.3 Å². The van der Waals surface area contributed by atoms with Crippen LogP contribution in [-0.2, 0) is 40.3 Å². The number of rotatable bonds is 4. The van der Waals surface area contributed by atoms with E-state index < -0.39 is 56.1 Å². The zero-order valence-electron chi connectivity index (χ0n) is 38.3. The maximum Gasteiger partial charge on any atom is 0.494 e. The average molecular weight is 987 g/mol. The highest BCUT2D eigenvalue weighted by molar-refractivity contribution is 9.10. The van der Waals surface area contributed by atoms with Crippen molar-refractivity contribution in [3.8, 4) is 11.9 Å². The zero-order valence-corrected chi connectivity index (χ0v) is 39.9. The lowest BCUT2D eigenvalue weighted by Crippen LogP contribution is -2.41. The van der Waals surface area contributed by atoms with E-state index in [1.54, 1.807) is 30.6 Å². The van der Waals surface area contributed by atoms with Gasteiger partial charge in [-0.3, -0.25) is 0 Å². The van der Waals surface area contributed by atoms with Crippen molar-refractivity contribution in [3.05, 3.63) is 89.2 Å². The van der Waals surface area contributed by atoms with Crippen LogP contribution in [0.4, 0.5) is 26.3 Å². The number of nitrogens with zero attached hydrogens (tertiary/aromatic N) is 8. The smallest absolute Gasteiger partial charge is 0.405 e. The number of halogens is 7. The minimum absolute atomic E-state index is 0.118. The molecule has 3 fully saturated rings. The van der Waals surface area contributed by atoms with Crippen molar-refractivity contribution in [2.24, 2.45) is 0 Å². The Morgan fingerprint density at radius 2 is 0.864 bits per heavy atom. The molecule has 3 aliphatic rings. The Labute approximate surface area is 387 Å². The average Bonchev–Trinajstić information content (AvgIpc) is 3.97. The lowest BCUT2D eigenvalue weighted by atomic mass is 9.49. The SMILES string of the molecule is CC1(C)OB(B2OC(C)(C)C(C)(C)O2)OC1(C)C.CC1(C)OB(c2ccc3cnn(-c4nccc(C(F)(F)F)n4)c3c2)OC1(C)C.FC(F)(F)c1ccnc(-n2ncc3ccc(Br)cc32)n1. The molecule has 66 heavy (non-hydrogen) atoms. The first-order valence-electron chi connectivity index (χ1n) is 20.8. The molecule has 0 bridgehead atoms. The van der Waals surface area contributed by atoms with Crippen LogP contribution < -0.4 is 5.46 Å². The summed E-state index contributed by atoms with van der Waals surface area (Å²) in [4.78, 5) is 14.9. The van der Waals surface area contributed by atoms with Crippen molar-refractivity contribution in [3.63, 3.8) is 0 Å². The van der Waals surface area contributed by atoms with Gasteiger partial charge < -0.3 is 27.9 Å². The van der Waals surface area contributed by atoms with E-state index in [1.807, 2.05) is 101 Å². The molecule has 3 aliphatic heterocycles. The van der Waals surface area contributed by atoms with Crippen LogP contribution >= 0.6 is 15.9 Å². The highest BCUT2D eigenvalue weighted by Gasteiger charge is 2.63. The molecule has 9 rings (SSSR count). The molecule has 14 nitrogen and oxygen atoms in total. The summed E-state index contributed by atoms with van der Waals surface area (Å²) in [5.74, 6) is -0.274. The molecule has 2 aromatic carbocycles. The lowest BCUT2D eigenvalue weighted by molar-refractivity contribution is -0.142. The Kier molecular flexibility index (Phi) is 12.7. The summed E-state index contributed by atoms with van der Waals surface area (Å²) in [6, 6.07) is 12.4. The number of benzene rings is 2. The molecule has 0 unspecified atom stereocenters. The van der Waals surface area contributed by atoms with Crippen molar-refractivity contribution < 1.29 is 54.3 Å². The van der Waals surface area contributed by atoms with Crippen LogP contribution in [0.1, 0.15) is 94.5 Å². The summed E-state index contributed by atoms with van der Waals surface area (Å²) in [6.45, 7) is 24.0. The molecule has 24 heteroatoms. The van der Waals surface area contributed by atoms with Crippen LogP contribution in [-0.4, -0.2) is 94.2 Å². The fourth-order valence-corrected chi connectivity index (χ4v) is 7.04. The molecule has 0 spiro atoms. The number of alkyl halides is 6. The molecule has 0 saturated carbocycles. The zero-order chi connectivity index (χ0) is 48.6. The van der Waals surface area contributed by atoms with Gasteiger partial charge in [0, 0.05) is 27.6 Å². The van der Waals surface area contributed by atoms with E-state index in [0.29, 0.717) is 11.0 Å². The van der Waals surface area contributed by atoms with Gasteiger partial charge in [0.05, 0.1) is 57.0 Å². The Balaban J connectivity index is 0.000000152. The molecule has 0 atom stereocenters. The molecule has 0 radical (unpaired) electrons. The lowest BCUT2D eigenvalue weighted by Gasteiger charge is -2.32. The molecule has 0 amide bonds. The van der Waals surface area contributed by atoms with E-state index in [9.17, 15) is 26.3 Å². The predicted molar refractivity (Wildman–Crippen MR) is 239 cm³/mol. The van der Waals surface area contributed by atoms with E-state index in [-0.39, 0.29) is 34.3 Å². The van der Waals surface area contributed by atoms with Crippen LogP contribution in [0.5, 0.6) is 0 Å². The fraction of sp³-hybridized carbons (Fsp3) is 0.476. The third-order valence-electron chi connectivity index (χ3n) is 12.7. The summed E-state index contributed by atoms with van der Waals surface area (Å²) in [5.41, 5.74) is -2.55. The Morgan fingerprint density at radius 1 is 0.500 bits per heavy atom. The first kappa shape index (κ1) is 49.5. The molecule has 4 aromatic heterocycles. The molecule has 7 heterocycles. The van der Waals surface area contributed by atoms with Gasteiger partial charge in [-0.1, -0.05) is 34.1 Å². The standard InChI is InChI=1S/C18H18BF3N4O2.C12H24B2O4.C12H6BrF3N4/c1-16(2)17(3,4)28-19(27-16)12-6-5-11-10-24-26(13(11)9-12)15-23-8-7-14(25-15)18(20,21)22;1-9(2)10(3,4)16-13(15-9)14-17-11(5,6)12(7,8)18-14;13-8-2-1-7-6-18-20(9(7)5-8)11-17-4-3-10(19-11)12(14,15)16/h5-10H,1-4H3;1-8H3;1-6H. The van der Waals surface area contributed by atoms with Crippen molar-refractivity contribution in [1.29, 1.82) is 0 Å². The number of aromatic nitrogens is 8. The van der Waals surface area contributed by atoms with E-state index >= 15 is 0 Å². The van der Waals surface area contributed by atoms with E-state index in [0.717, 1.165) is 45.2 Å². The van der Waals surface area contributed by atoms with Gasteiger partial charge in [-0.05, 0) is 119 Å². The van der Waals surface area contributed by atoms with Gasteiger partial charge in [0.2, 0.25) is 0 Å². The van der Waals surface area contributed by atoms with Crippen LogP contribution in [0.3, 0.4) is 0 Å². The van der Waals surface area contributed by atoms with Gasteiger partial charge in [-0.2, -0.15) is 45.9 Å². The summed E-state index contributed by atoms with van der Waals surface area (Å²) in [6.07, 6.45) is -3.85. The normalized spacial score (nSPS) is 20.3. The summed E-state index contributed by atoms with van der Waals surface area (Å²) >= 11 is 3.31. The van der Waals surface area contributed by atoms with Gasteiger partial charge >= 0.3 is 33.5 Å². The second-order valence-electron chi connectivity index (χ2n) is 19.0. The summed E-state index contributed by atoms with van der Waals surface area (Å²) < 4.78 is 116. The van der Waals surface area contributed by atoms with Gasteiger partial charge in [0.1, 0.15) is 11.4 Å². The van der Waals surface area contributed by atoms with Gasteiger partial charge in [-0.15, -0.1) is 0 Å². The molecular weight excluding hydrogens is 939 g/mol. The molecule has 0 N–H and O–H groups in total. The second-order valence-corrected chi connectivity index (χ2v) is 19.9. The minimum atomic E-state index is -4.56. The maximum atomic E-state index is 13.0. The largest absolute Gasteiger partial charge is 0.494 e. The Morgan fingerprint density at radius 3 is 1.26 bits per heavy atom. The minimum Gasteiger partial charge on any atom is -0.405 e. The highest BCUT2D eigenvalue weighted by Crippen LogP contribution is 2.43. The molecule has 6 aromatic rings. The van der Waals surface area contributed by atoms with Crippen molar-refractivity contribution in [2.75, 3.05) is 0 Å². The first-order chi connectivity index (χ1) is 30.3. The summed E-state index contributed by atoms with van der Waals surface area (Å²) in [7, 11) is -1.55.